The van der Waals surface area contributed by atoms with Crippen LogP contribution in [-0.2, 0) is 16.0 Å². The van der Waals surface area contributed by atoms with Crippen LogP contribution in [0, 0.1) is 0 Å². The molecule has 3 nitrogen and oxygen atoms in total. The van der Waals surface area contributed by atoms with Crippen LogP contribution < -0.4 is 0 Å². The molecule has 0 fully saturated rings. The number of fused-ring (bicyclic) bond motifs is 1. The first kappa shape index (κ1) is 11.6. The normalized spacial score (nSPS) is 10.4. The largest absolute Gasteiger partial charge is 0.465 e. The highest BCUT2D eigenvalue weighted by Crippen LogP contribution is 2.13. The van der Waals surface area contributed by atoms with Crippen molar-refractivity contribution in [3.05, 3.63) is 42.2 Å². The van der Waals surface area contributed by atoms with E-state index in [0.29, 0.717) is 19.4 Å². The molecule has 88 valence electrons. The summed E-state index contributed by atoms with van der Waals surface area (Å²) in [6.07, 6.45) is 2.94. The number of benzene rings is 1. The molecule has 2 rings (SSSR count). The van der Waals surface area contributed by atoms with E-state index in [4.69, 9.17) is 4.74 Å². The number of aromatic nitrogens is 1. The number of ether oxygens (including phenoxy) is 1. The first-order valence-corrected chi connectivity index (χ1v) is 5.79. The van der Waals surface area contributed by atoms with Crippen molar-refractivity contribution in [2.45, 2.75) is 19.8 Å². The maximum Gasteiger partial charge on any atom is 0.305 e. The maximum atomic E-state index is 11.0. The summed E-state index contributed by atoms with van der Waals surface area (Å²) >= 11 is 0. The van der Waals surface area contributed by atoms with Crippen LogP contribution in [0.15, 0.2) is 36.5 Å². The molecule has 0 aliphatic rings. The predicted octanol–water partition coefficient (Wildman–Crippen LogP) is 2.73. The van der Waals surface area contributed by atoms with Crippen molar-refractivity contribution in [1.29, 1.82) is 0 Å². The Labute approximate surface area is 100 Å². The minimum absolute atomic E-state index is 0.161. The number of carbonyl (C=O) groups is 1. The molecular formula is C14H15NO2. The van der Waals surface area contributed by atoms with Gasteiger partial charge in [-0.1, -0.05) is 31.2 Å². The Bertz CT molecular complexity index is 522. The Morgan fingerprint density at radius 2 is 2.06 bits per heavy atom. The molecule has 0 radical (unpaired) electrons. The highest BCUT2D eigenvalue weighted by atomic mass is 16.5. The molecular weight excluding hydrogens is 214 g/mol. The summed E-state index contributed by atoms with van der Waals surface area (Å²) in [5.41, 5.74) is 0.951. The van der Waals surface area contributed by atoms with Crippen molar-refractivity contribution in [3.63, 3.8) is 0 Å². The summed E-state index contributed by atoms with van der Waals surface area (Å²) in [7, 11) is 0. The van der Waals surface area contributed by atoms with Crippen LogP contribution in [0.4, 0.5) is 0 Å². The second-order valence-electron chi connectivity index (χ2n) is 3.85. The van der Waals surface area contributed by atoms with Crippen LogP contribution in [-0.4, -0.2) is 17.6 Å². The fourth-order valence-corrected chi connectivity index (χ4v) is 1.64. The average Bonchev–Trinajstić information content (AvgIpc) is 2.38. The van der Waals surface area contributed by atoms with Gasteiger partial charge in [-0.3, -0.25) is 9.78 Å². The molecule has 0 bridgehead atoms. The molecule has 3 heteroatoms. The summed E-state index contributed by atoms with van der Waals surface area (Å²) < 4.78 is 5.03. The Morgan fingerprint density at radius 1 is 1.29 bits per heavy atom. The van der Waals surface area contributed by atoms with Crippen molar-refractivity contribution in [3.8, 4) is 0 Å². The zero-order valence-corrected chi connectivity index (χ0v) is 9.85. The average molecular weight is 229 g/mol. The van der Waals surface area contributed by atoms with E-state index in [-0.39, 0.29) is 5.97 Å². The second-order valence-corrected chi connectivity index (χ2v) is 3.85. The van der Waals surface area contributed by atoms with Crippen LogP contribution in [0.1, 0.15) is 19.0 Å². The van der Waals surface area contributed by atoms with Gasteiger partial charge in [0, 0.05) is 30.1 Å². The van der Waals surface area contributed by atoms with Gasteiger partial charge < -0.3 is 4.74 Å². The van der Waals surface area contributed by atoms with Crippen LogP contribution in [0.2, 0.25) is 0 Å². The SMILES string of the molecule is CCC(=O)OCCc1cc2ccccc2cn1. The van der Waals surface area contributed by atoms with E-state index in [9.17, 15) is 4.79 Å². The molecule has 0 atom stereocenters. The summed E-state index contributed by atoms with van der Waals surface area (Å²) in [6.45, 7) is 2.19. The van der Waals surface area contributed by atoms with Crippen molar-refractivity contribution >= 4 is 16.7 Å². The van der Waals surface area contributed by atoms with E-state index in [2.05, 4.69) is 11.1 Å². The third-order valence-corrected chi connectivity index (χ3v) is 2.60. The maximum absolute atomic E-state index is 11.0. The zero-order chi connectivity index (χ0) is 12.1. The van der Waals surface area contributed by atoms with Crippen LogP contribution >= 0.6 is 0 Å². The van der Waals surface area contributed by atoms with Crippen molar-refractivity contribution in [2.24, 2.45) is 0 Å². The van der Waals surface area contributed by atoms with Crippen LogP contribution in [0.25, 0.3) is 10.8 Å². The standard InChI is InChI=1S/C14H15NO2/c1-2-14(16)17-8-7-13-9-11-5-3-4-6-12(11)10-15-13/h3-6,9-10H,2,7-8H2,1H3. The summed E-state index contributed by atoms with van der Waals surface area (Å²) in [5.74, 6) is -0.161. The number of hydrogen-bond acceptors (Lipinski definition) is 3. The molecule has 0 N–H and O–H groups in total. The Morgan fingerprint density at radius 3 is 2.82 bits per heavy atom. The second kappa shape index (κ2) is 5.43. The summed E-state index contributed by atoms with van der Waals surface area (Å²) in [6, 6.07) is 10.1. The van der Waals surface area contributed by atoms with Gasteiger partial charge in [0.1, 0.15) is 0 Å². The van der Waals surface area contributed by atoms with E-state index in [1.165, 1.54) is 5.39 Å². The van der Waals surface area contributed by atoms with Gasteiger partial charge in [0.2, 0.25) is 0 Å². The third-order valence-electron chi connectivity index (χ3n) is 2.60. The number of pyridine rings is 1. The monoisotopic (exact) mass is 229 g/mol. The minimum atomic E-state index is -0.161. The van der Waals surface area contributed by atoms with Gasteiger partial charge in [-0.25, -0.2) is 0 Å². The van der Waals surface area contributed by atoms with E-state index < -0.39 is 0 Å². The highest BCUT2D eigenvalue weighted by Gasteiger charge is 2.01. The number of esters is 1. The minimum Gasteiger partial charge on any atom is -0.465 e. The number of hydrogen-bond donors (Lipinski definition) is 0. The fraction of sp³-hybridized carbons (Fsp3) is 0.286. The van der Waals surface area contributed by atoms with E-state index in [0.717, 1.165) is 11.1 Å². The molecule has 1 aromatic heterocycles. The quantitative estimate of drug-likeness (QED) is 0.757. The first-order chi connectivity index (χ1) is 8.29. The van der Waals surface area contributed by atoms with Crippen LogP contribution in [0.5, 0.6) is 0 Å². The third kappa shape index (κ3) is 3.03. The van der Waals surface area contributed by atoms with Gasteiger partial charge in [-0.15, -0.1) is 0 Å². The Balaban J connectivity index is 2.02. The molecule has 0 saturated heterocycles. The number of rotatable bonds is 4. The van der Waals surface area contributed by atoms with Gasteiger partial charge in [-0.05, 0) is 11.5 Å². The molecule has 0 saturated carbocycles. The molecule has 0 unspecified atom stereocenters. The highest BCUT2D eigenvalue weighted by molar-refractivity contribution is 5.81. The van der Waals surface area contributed by atoms with Crippen molar-refractivity contribution in [2.75, 3.05) is 6.61 Å². The lowest BCUT2D eigenvalue weighted by Gasteiger charge is -2.04. The molecule has 1 heterocycles. The lowest BCUT2D eigenvalue weighted by Crippen LogP contribution is -2.06. The number of nitrogens with zero attached hydrogens (tertiary/aromatic N) is 1. The molecule has 0 aliphatic carbocycles. The Hall–Kier alpha value is -1.90. The van der Waals surface area contributed by atoms with Gasteiger partial charge >= 0.3 is 5.97 Å². The summed E-state index contributed by atoms with van der Waals surface area (Å²) in [5, 5.41) is 2.29. The molecule has 0 spiro atoms. The lowest BCUT2D eigenvalue weighted by atomic mass is 10.1. The predicted molar refractivity (Wildman–Crippen MR) is 66.7 cm³/mol. The first-order valence-electron chi connectivity index (χ1n) is 5.79. The van der Waals surface area contributed by atoms with Crippen molar-refractivity contribution in [1.82, 2.24) is 4.98 Å². The van der Waals surface area contributed by atoms with E-state index >= 15 is 0 Å². The van der Waals surface area contributed by atoms with Gasteiger partial charge in [0.25, 0.3) is 0 Å². The summed E-state index contributed by atoms with van der Waals surface area (Å²) in [4.78, 5) is 15.3. The van der Waals surface area contributed by atoms with E-state index in [1.807, 2.05) is 30.5 Å². The zero-order valence-electron chi connectivity index (χ0n) is 9.85. The Kier molecular flexibility index (Phi) is 3.70. The van der Waals surface area contributed by atoms with Crippen LogP contribution in [0.3, 0.4) is 0 Å². The lowest BCUT2D eigenvalue weighted by molar-refractivity contribution is -0.143. The smallest absolute Gasteiger partial charge is 0.305 e. The van der Waals surface area contributed by atoms with Gasteiger partial charge in [-0.2, -0.15) is 0 Å². The van der Waals surface area contributed by atoms with E-state index in [1.54, 1.807) is 6.92 Å². The molecule has 2 aromatic rings. The van der Waals surface area contributed by atoms with Crippen molar-refractivity contribution < 1.29 is 9.53 Å². The molecule has 1 aromatic carbocycles. The number of carbonyl (C=O) groups excluding carboxylic acids is 1. The molecule has 0 aliphatic heterocycles. The topological polar surface area (TPSA) is 39.2 Å². The molecule has 0 amide bonds. The fourth-order valence-electron chi connectivity index (χ4n) is 1.64. The van der Waals surface area contributed by atoms with Gasteiger partial charge in [0.05, 0.1) is 6.61 Å². The molecule has 17 heavy (non-hydrogen) atoms. The van der Waals surface area contributed by atoms with Gasteiger partial charge in [0.15, 0.2) is 0 Å².